The highest BCUT2D eigenvalue weighted by Crippen LogP contribution is 2.50. The molecular weight excluding hydrogens is 613 g/mol. The minimum Gasteiger partial charge on any atom is -0.456 e. The van der Waals surface area contributed by atoms with Crippen molar-refractivity contribution < 1.29 is 8.83 Å². The number of fused-ring (bicyclic) bond motifs is 7. The van der Waals surface area contributed by atoms with Gasteiger partial charge in [-0.25, -0.2) is 4.98 Å². The van der Waals surface area contributed by atoms with E-state index in [1.54, 1.807) is 0 Å². The third kappa shape index (κ3) is 4.42. The summed E-state index contributed by atoms with van der Waals surface area (Å²) in [5.74, 6) is 0.583. The van der Waals surface area contributed by atoms with Gasteiger partial charge >= 0.3 is 0 Å². The molecule has 0 saturated carbocycles. The van der Waals surface area contributed by atoms with Crippen LogP contribution in [-0.4, -0.2) is 4.98 Å². The Morgan fingerprint density at radius 1 is 0.460 bits per heavy atom. The molecule has 0 amide bonds. The van der Waals surface area contributed by atoms with Gasteiger partial charge in [0.25, 0.3) is 0 Å². The summed E-state index contributed by atoms with van der Waals surface area (Å²) >= 11 is 0. The van der Waals surface area contributed by atoms with Crippen LogP contribution in [0.15, 0.2) is 167 Å². The predicted molar refractivity (Wildman–Crippen MR) is 204 cm³/mol. The van der Waals surface area contributed by atoms with Gasteiger partial charge in [0.1, 0.15) is 16.7 Å². The Labute approximate surface area is 289 Å². The normalized spacial score (nSPS) is 13.2. The van der Waals surface area contributed by atoms with Gasteiger partial charge in [0.05, 0.1) is 0 Å². The average molecular weight is 645 g/mol. The van der Waals surface area contributed by atoms with Crippen LogP contribution in [0.2, 0.25) is 0 Å². The van der Waals surface area contributed by atoms with Crippen molar-refractivity contribution in [1.29, 1.82) is 0 Å². The largest absolute Gasteiger partial charge is 0.456 e. The lowest BCUT2D eigenvalue weighted by atomic mass is 9.82. The number of furan rings is 1. The Morgan fingerprint density at radius 3 is 1.90 bits per heavy atom. The van der Waals surface area contributed by atoms with E-state index in [4.69, 9.17) is 13.8 Å². The van der Waals surface area contributed by atoms with E-state index in [0.717, 1.165) is 55.7 Å². The van der Waals surface area contributed by atoms with Gasteiger partial charge in [0.15, 0.2) is 5.58 Å². The predicted octanol–water partition coefficient (Wildman–Crippen LogP) is 12.8. The molecule has 0 N–H and O–H groups in total. The number of anilines is 3. The zero-order chi connectivity index (χ0) is 33.4. The quantitative estimate of drug-likeness (QED) is 0.187. The summed E-state index contributed by atoms with van der Waals surface area (Å²) in [6.07, 6.45) is 0. The van der Waals surface area contributed by atoms with Crippen molar-refractivity contribution in [3.8, 4) is 33.7 Å². The van der Waals surface area contributed by atoms with Crippen LogP contribution in [0.4, 0.5) is 17.1 Å². The summed E-state index contributed by atoms with van der Waals surface area (Å²) in [6, 6.07) is 55.6. The Hall–Kier alpha value is -6.39. The zero-order valence-electron chi connectivity index (χ0n) is 27.7. The molecular formula is C46H32N2O2. The molecule has 4 nitrogen and oxygen atoms in total. The van der Waals surface area contributed by atoms with Crippen LogP contribution in [0.1, 0.15) is 25.0 Å². The van der Waals surface area contributed by atoms with E-state index in [2.05, 4.69) is 146 Å². The molecule has 0 radical (unpaired) electrons. The average Bonchev–Trinajstić information content (AvgIpc) is 3.81. The molecule has 10 rings (SSSR count). The minimum absolute atomic E-state index is 0.102. The number of rotatable bonds is 5. The van der Waals surface area contributed by atoms with Crippen molar-refractivity contribution in [3.63, 3.8) is 0 Å². The molecule has 238 valence electrons. The van der Waals surface area contributed by atoms with Gasteiger partial charge in [-0.1, -0.05) is 105 Å². The molecule has 2 aromatic heterocycles. The van der Waals surface area contributed by atoms with Crippen LogP contribution in [0, 0.1) is 0 Å². The first kappa shape index (κ1) is 28.6. The molecule has 9 aromatic rings. The summed E-state index contributed by atoms with van der Waals surface area (Å²) < 4.78 is 12.4. The highest BCUT2D eigenvalue weighted by atomic mass is 16.4. The zero-order valence-corrected chi connectivity index (χ0v) is 27.7. The number of benzene rings is 7. The smallest absolute Gasteiger partial charge is 0.227 e. The van der Waals surface area contributed by atoms with Crippen LogP contribution >= 0.6 is 0 Å². The van der Waals surface area contributed by atoms with E-state index < -0.39 is 0 Å². The Morgan fingerprint density at radius 2 is 1.10 bits per heavy atom. The maximum Gasteiger partial charge on any atom is 0.227 e. The maximum absolute atomic E-state index is 6.34. The third-order valence-electron chi connectivity index (χ3n) is 10.3. The number of oxazole rings is 1. The second-order valence-corrected chi connectivity index (χ2v) is 13.6. The topological polar surface area (TPSA) is 42.4 Å². The lowest BCUT2D eigenvalue weighted by Gasteiger charge is -2.28. The van der Waals surface area contributed by atoms with Crippen molar-refractivity contribution in [2.24, 2.45) is 0 Å². The highest BCUT2D eigenvalue weighted by Gasteiger charge is 2.35. The van der Waals surface area contributed by atoms with E-state index in [9.17, 15) is 0 Å². The van der Waals surface area contributed by atoms with Crippen molar-refractivity contribution in [2.45, 2.75) is 19.3 Å². The Kier molecular flexibility index (Phi) is 6.19. The van der Waals surface area contributed by atoms with E-state index in [-0.39, 0.29) is 5.41 Å². The van der Waals surface area contributed by atoms with Gasteiger partial charge in [-0.05, 0) is 94.0 Å². The fourth-order valence-electron chi connectivity index (χ4n) is 7.73. The van der Waals surface area contributed by atoms with Gasteiger partial charge in [-0.15, -0.1) is 0 Å². The van der Waals surface area contributed by atoms with Crippen molar-refractivity contribution in [3.05, 3.63) is 169 Å². The van der Waals surface area contributed by atoms with E-state index >= 15 is 0 Å². The van der Waals surface area contributed by atoms with Crippen LogP contribution in [0.25, 0.3) is 66.7 Å². The van der Waals surface area contributed by atoms with Gasteiger partial charge < -0.3 is 13.7 Å². The van der Waals surface area contributed by atoms with Crippen LogP contribution in [0.3, 0.4) is 0 Å². The second-order valence-electron chi connectivity index (χ2n) is 13.6. The molecule has 7 aromatic carbocycles. The molecule has 0 unspecified atom stereocenters. The summed E-state index contributed by atoms with van der Waals surface area (Å²) in [5.41, 5.74) is 15.0. The number of nitrogens with zero attached hydrogens (tertiary/aromatic N) is 2. The molecule has 0 atom stereocenters. The molecule has 0 aliphatic heterocycles. The molecule has 50 heavy (non-hydrogen) atoms. The molecule has 2 heterocycles. The van der Waals surface area contributed by atoms with Crippen LogP contribution in [-0.2, 0) is 5.41 Å². The minimum atomic E-state index is -0.102. The summed E-state index contributed by atoms with van der Waals surface area (Å²) in [4.78, 5) is 7.20. The lowest BCUT2D eigenvalue weighted by Crippen LogP contribution is -2.16. The SMILES string of the molecule is CC1(C)c2ccccc2-c2ccc(N(c3ccc(-c4ccccc4)cc3)c3ccc(-c4nc5cc6oc7ccccc7c6cc5o4)cc3)cc21. The molecule has 0 bridgehead atoms. The first-order valence-electron chi connectivity index (χ1n) is 17.0. The van der Waals surface area contributed by atoms with Gasteiger partial charge in [-0.2, -0.15) is 0 Å². The van der Waals surface area contributed by atoms with Crippen molar-refractivity contribution in [1.82, 2.24) is 4.98 Å². The molecule has 0 saturated heterocycles. The molecule has 4 heteroatoms. The summed E-state index contributed by atoms with van der Waals surface area (Å²) in [7, 11) is 0. The molecule has 0 spiro atoms. The molecule has 1 aliphatic carbocycles. The van der Waals surface area contributed by atoms with Gasteiger partial charge in [0, 0.05) is 44.9 Å². The monoisotopic (exact) mass is 644 g/mol. The van der Waals surface area contributed by atoms with E-state index in [1.165, 1.54) is 33.4 Å². The molecule has 1 aliphatic rings. The first-order chi connectivity index (χ1) is 24.5. The molecule has 0 fully saturated rings. The second kappa shape index (κ2) is 10.8. The van der Waals surface area contributed by atoms with Crippen LogP contribution < -0.4 is 4.90 Å². The Balaban J connectivity index is 1.06. The van der Waals surface area contributed by atoms with Crippen LogP contribution in [0.5, 0.6) is 0 Å². The number of para-hydroxylation sites is 1. The third-order valence-corrected chi connectivity index (χ3v) is 10.3. The summed E-state index contributed by atoms with van der Waals surface area (Å²) in [6.45, 7) is 4.66. The highest BCUT2D eigenvalue weighted by molar-refractivity contribution is 6.08. The van der Waals surface area contributed by atoms with Crippen molar-refractivity contribution in [2.75, 3.05) is 4.90 Å². The fourth-order valence-corrected chi connectivity index (χ4v) is 7.73. The standard InChI is InChI=1S/C46H32N2O2/c1-46(2)39-14-8-6-12-35(39)36-25-24-34(26-40(36)46)48(32-20-16-30(17-21-32)29-10-4-3-5-11-29)33-22-18-31(19-23-33)45-47-41-28-43-38(27-44(41)50-45)37-13-7-9-15-42(37)49-43/h3-28H,1-2H3. The number of hydrogen-bond donors (Lipinski definition) is 0. The number of aromatic nitrogens is 1. The lowest BCUT2D eigenvalue weighted by molar-refractivity contribution is 0.620. The first-order valence-corrected chi connectivity index (χ1v) is 17.0. The Bertz CT molecular complexity index is 2720. The fraction of sp³-hybridized carbons (Fsp3) is 0.0652. The van der Waals surface area contributed by atoms with Crippen molar-refractivity contribution >= 4 is 50.1 Å². The number of hydrogen-bond acceptors (Lipinski definition) is 4. The maximum atomic E-state index is 6.34. The van der Waals surface area contributed by atoms with Gasteiger partial charge in [-0.3, -0.25) is 0 Å². The van der Waals surface area contributed by atoms with E-state index in [1.807, 2.05) is 30.3 Å². The summed E-state index contributed by atoms with van der Waals surface area (Å²) in [5, 5.41) is 2.10. The van der Waals surface area contributed by atoms with E-state index in [0.29, 0.717) is 5.89 Å². The van der Waals surface area contributed by atoms with Gasteiger partial charge in [0.2, 0.25) is 5.89 Å².